The van der Waals surface area contributed by atoms with Crippen molar-refractivity contribution < 1.29 is 9.47 Å². The van der Waals surface area contributed by atoms with E-state index in [1.807, 2.05) is 32.3 Å². The molecule has 1 aromatic rings. The zero-order valence-electron chi connectivity index (χ0n) is 18.2. The van der Waals surface area contributed by atoms with Crippen molar-refractivity contribution in [3.63, 3.8) is 0 Å². The number of hydrogen-bond donors (Lipinski definition) is 2. The van der Waals surface area contributed by atoms with Gasteiger partial charge in [-0.15, -0.1) is 24.0 Å². The molecule has 0 radical (unpaired) electrons. The molecular weight excluding hydrogens is 481 g/mol. The first-order valence-electron chi connectivity index (χ1n) is 10.4. The summed E-state index contributed by atoms with van der Waals surface area (Å²) in [6.07, 6.45) is 1.09. The van der Waals surface area contributed by atoms with E-state index in [0.29, 0.717) is 13.2 Å². The summed E-state index contributed by atoms with van der Waals surface area (Å²) in [4.78, 5) is 9.31. The number of halogens is 1. The number of hydrogen-bond acceptors (Lipinski definition) is 5. The Morgan fingerprint density at radius 2 is 1.97 bits per heavy atom. The van der Waals surface area contributed by atoms with E-state index in [9.17, 15) is 0 Å². The number of nitrogens with zero attached hydrogens (tertiary/aromatic N) is 3. The van der Waals surface area contributed by atoms with Crippen LogP contribution in [0.4, 0.5) is 0 Å². The van der Waals surface area contributed by atoms with Gasteiger partial charge < -0.3 is 25.0 Å². The van der Waals surface area contributed by atoms with Crippen LogP contribution in [-0.4, -0.2) is 88.9 Å². The Balaban J connectivity index is 0.00000420. The predicted octanol–water partition coefficient (Wildman–Crippen LogP) is 2.02. The lowest BCUT2D eigenvalue weighted by Gasteiger charge is -2.26. The maximum atomic E-state index is 5.94. The maximum Gasteiger partial charge on any atom is 0.191 e. The number of para-hydroxylation sites is 1. The molecule has 1 aromatic carbocycles. The van der Waals surface area contributed by atoms with Gasteiger partial charge in [-0.05, 0) is 40.1 Å². The van der Waals surface area contributed by atoms with Crippen LogP contribution in [0.3, 0.4) is 0 Å². The third-order valence-electron chi connectivity index (χ3n) is 4.57. The second-order valence-electron chi connectivity index (χ2n) is 7.19. The van der Waals surface area contributed by atoms with Crippen molar-refractivity contribution in [3.05, 3.63) is 29.8 Å². The van der Waals surface area contributed by atoms with E-state index in [2.05, 4.69) is 33.4 Å². The van der Waals surface area contributed by atoms with E-state index in [1.54, 1.807) is 0 Å². The molecule has 7 nitrogen and oxygen atoms in total. The molecule has 1 saturated heterocycles. The second kappa shape index (κ2) is 15.7. The normalized spacial score (nSPS) is 15.1. The van der Waals surface area contributed by atoms with Gasteiger partial charge >= 0.3 is 0 Å². The Morgan fingerprint density at radius 1 is 1.21 bits per heavy atom. The number of benzene rings is 1. The highest BCUT2D eigenvalue weighted by Gasteiger charge is 2.09. The van der Waals surface area contributed by atoms with Gasteiger partial charge in [0.15, 0.2) is 5.96 Å². The number of nitrogens with one attached hydrogen (secondary N) is 2. The summed E-state index contributed by atoms with van der Waals surface area (Å²) in [7, 11) is 4.10. The minimum absolute atomic E-state index is 0. The van der Waals surface area contributed by atoms with Gasteiger partial charge in [-0.1, -0.05) is 18.2 Å². The lowest BCUT2D eigenvalue weighted by atomic mass is 10.2. The molecule has 8 heteroatoms. The van der Waals surface area contributed by atoms with Crippen LogP contribution < -0.4 is 15.4 Å². The summed E-state index contributed by atoms with van der Waals surface area (Å²) in [6.45, 7) is 10.9. The molecule has 2 rings (SSSR count). The SMILES string of the molecule is CCNC(=NCc1ccccc1OCCN(C)C)NCCCN1CCOCC1.I. The fourth-order valence-corrected chi connectivity index (χ4v) is 2.95. The monoisotopic (exact) mass is 519 g/mol. The first-order valence-corrected chi connectivity index (χ1v) is 10.4. The number of rotatable bonds is 11. The zero-order valence-corrected chi connectivity index (χ0v) is 20.5. The molecule has 166 valence electrons. The van der Waals surface area contributed by atoms with Crippen LogP contribution in [0.5, 0.6) is 5.75 Å². The third-order valence-corrected chi connectivity index (χ3v) is 4.57. The van der Waals surface area contributed by atoms with E-state index >= 15 is 0 Å². The number of morpholine rings is 1. The van der Waals surface area contributed by atoms with Crippen molar-refractivity contribution in [2.75, 3.05) is 73.2 Å². The molecule has 0 spiro atoms. The Morgan fingerprint density at radius 3 is 2.69 bits per heavy atom. The maximum absolute atomic E-state index is 5.94. The minimum Gasteiger partial charge on any atom is -0.492 e. The highest BCUT2D eigenvalue weighted by Crippen LogP contribution is 2.18. The first kappa shape index (κ1) is 25.9. The highest BCUT2D eigenvalue weighted by molar-refractivity contribution is 14.0. The summed E-state index contributed by atoms with van der Waals surface area (Å²) in [5.74, 6) is 1.77. The Kier molecular flexibility index (Phi) is 14.0. The van der Waals surface area contributed by atoms with Gasteiger partial charge in [-0.3, -0.25) is 4.90 Å². The molecule has 0 bridgehead atoms. The molecule has 0 aliphatic carbocycles. The van der Waals surface area contributed by atoms with E-state index in [0.717, 1.165) is 76.2 Å². The van der Waals surface area contributed by atoms with E-state index < -0.39 is 0 Å². The van der Waals surface area contributed by atoms with Crippen LogP contribution in [0.1, 0.15) is 18.9 Å². The molecule has 0 saturated carbocycles. The molecule has 1 aliphatic rings. The summed E-state index contributed by atoms with van der Waals surface area (Å²) < 4.78 is 11.3. The minimum atomic E-state index is 0. The van der Waals surface area contributed by atoms with Crippen LogP contribution in [0.15, 0.2) is 29.3 Å². The summed E-state index contributed by atoms with van der Waals surface area (Å²) in [6, 6.07) is 8.14. The smallest absolute Gasteiger partial charge is 0.191 e. The molecule has 1 aliphatic heterocycles. The van der Waals surface area contributed by atoms with Crippen molar-refractivity contribution in [1.82, 2.24) is 20.4 Å². The third kappa shape index (κ3) is 11.0. The van der Waals surface area contributed by atoms with Gasteiger partial charge in [0, 0.05) is 38.3 Å². The van der Waals surface area contributed by atoms with E-state index in [1.165, 1.54) is 0 Å². The predicted molar refractivity (Wildman–Crippen MR) is 131 cm³/mol. The summed E-state index contributed by atoms with van der Waals surface area (Å²) in [5.41, 5.74) is 1.10. The van der Waals surface area contributed by atoms with Crippen molar-refractivity contribution in [1.29, 1.82) is 0 Å². The first-order chi connectivity index (χ1) is 13.7. The second-order valence-corrected chi connectivity index (χ2v) is 7.19. The van der Waals surface area contributed by atoms with Gasteiger partial charge in [0.05, 0.1) is 19.8 Å². The van der Waals surface area contributed by atoms with Crippen LogP contribution in [-0.2, 0) is 11.3 Å². The van der Waals surface area contributed by atoms with Gasteiger partial charge in [0.1, 0.15) is 12.4 Å². The number of ether oxygens (including phenoxy) is 2. The summed E-state index contributed by atoms with van der Waals surface area (Å²) >= 11 is 0. The van der Waals surface area contributed by atoms with Crippen molar-refractivity contribution in [2.45, 2.75) is 19.9 Å². The quantitative estimate of drug-likeness (QED) is 0.202. The van der Waals surface area contributed by atoms with Gasteiger partial charge in [0.25, 0.3) is 0 Å². The van der Waals surface area contributed by atoms with E-state index in [4.69, 9.17) is 14.5 Å². The molecule has 1 heterocycles. The molecule has 1 fully saturated rings. The average molecular weight is 519 g/mol. The molecule has 0 aromatic heterocycles. The molecular formula is C21H38IN5O2. The fourth-order valence-electron chi connectivity index (χ4n) is 2.95. The molecule has 0 amide bonds. The van der Waals surface area contributed by atoms with Crippen LogP contribution in [0.2, 0.25) is 0 Å². The number of aliphatic imine (C=N–C) groups is 1. The lowest BCUT2D eigenvalue weighted by molar-refractivity contribution is 0.0376. The van der Waals surface area contributed by atoms with Crippen molar-refractivity contribution in [3.8, 4) is 5.75 Å². The fraction of sp³-hybridized carbons (Fsp3) is 0.667. The van der Waals surface area contributed by atoms with Gasteiger partial charge in [0.2, 0.25) is 0 Å². The molecule has 0 atom stereocenters. The van der Waals surface area contributed by atoms with Gasteiger partial charge in [-0.25, -0.2) is 4.99 Å². The van der Waals surface area contributed by atoms with Crippen molar-refractivity contribution >= 4 is 29.9 Å². The average Bonchev–Trinajstić information content (AvgIpc) is 2.70. The summed E-state index contributed by atoms with van der Waals surface area (Å²) in [5, 5.41) is 6.77. The van der Waals surface area contributed by atoms with Crippen molar-refractivity contribution in [2.24, 2.45) is 4.99 Å². The van der Waals surface area contributed by atoms with Crippen LogP contribution >= 0.6 is 24.0 Å². The number of likely N-dealkylation sites (N-methyl/N-ethyl adjacent to an activating group) is 1. The Hall–Kier alpha value is -1.10. The molecule has 0 unspecified atom stereocenters. The molecule has 29 heavy (non-hydrogen) atoms. The van der Waals surface area contributed by atoms with Crippen LogP contribution in [0.25, 0.3) is 0 Å². The van der Waals surface area contributed by atoms with Crippen LogP contribution in [0, 0.1) is 0 Å². The standard InChI is InChI=1S/C21H37N5O2.HI/c1-4-22-21(23-10-7-11-26-13-15-27-16-14-26)24-18-19-8-5-6-9-20(19)28-17-12-25(2)3;/h5-6,8-9H,4,7,10-18H2,1-3H3,(H2,22,23,24);1H. The zero-order chi connectivity index (χ0) is 20.0. The van der Waals surface area contributed by atoms with Gasteiger partial charge in [-0.2, -0.15) is 0 Å². The largest absolute Gasteiger partial charge is 0.492 e. The Bertz CT molecular complexity index is 580. The lowest BCUT2D eigenvalue weighted by Crippen LogP contribution is -2.40. The topological polar surface area (TPSA) is 61.4 Å². The number of guanidine groups is 1. The molecule has 2 N–H and O–H groups in total. The van der Waals surface area contributed by atoms with E-state index in [-0.39, 0.29) is 24.0 Å². The Labute approximate surface area is 193 Å². The highest BCUT2D eigenvalue weighted by atomic mass is 127.